The van der Waals surface area contributed by atoms with Gasteiger partial charge in [-0.05, 0) is 30.3 Å². The Morgan fingerprint density at radius 1 is 0.852 bits per heavy atom. The van der Waals surface area contributed by atoms with Crippen LogP contribution in [0.2, 0.25) is 0 Å². The number of aromatic hydroxyl groups is 3. The molecule has 0 saturated carbocycles. The maximum Gasteiger partial charge on any atom is 0.254 e. The first kappa shape index (κ1) is 18.4. The van der Waals surface area contributed by atoms with Crippen molar-refractivity contribution in [2.24, 2.45) is 0 Å². The summed E-state index contributed by atoms with van der Waals surface area (Å²) >= 11 is 0. The average molecular weight is 372 g/mol. The normalized spacial score (nSPS) is 14.1. The van der Waals surface area contributed by atoms with Gasteiger partial charge in [-0.2, -0.15) is 0 Å². The van der Waals surface area contributed by atoms with Crippen molar-refractivity contribution in [1.29, 1.82) is 0 Å². The molecule has 2 aromatic carbocycles. The molecule has 3 rings (SSSR count). The van der Waals surface area contributed by atoms with E-state index in [1.807, 2.05) is 0 Å². The van der Waals surface area contributed by atoms with E-state index in [4.69, 9.17) is 4.74 Å². The molecule has 2 amide bonds. The Bertz CT molecular complexity index is 851. The Morgan fingerprint density at radius 3 is 1.89 bits per heavy atom. The minimum absolute atomic E-state index is 0.0652. The zero-order valence-corrected chi connectivity index (χ0v) is 14.8. The Morgan fingerprint density at radius 2 is 1.37 bits per heavy atom. The van der Waals surface area contributed by atoms with E-state index in [2.05, 4.69) is 0 Å². The van der Waals surface area contributed by atoms with E-state index >= 15 is 0 Å². The molecule has 3 N–H and O–H groups in total. The summed E-state index contributed by atoms with van der Waals surface area (Å²) in [5.41, 5.74) is 0.581. The molecule has 8 nitrogen and oxygen atoms in total. The van der Waals surface area contributed by atoms with E-state index in [0.29, 0.717) is 37.5 Å². The smallest absolute Gasteiger partial charge is 0.254 e. The third kappa shape index (κ3) is 3.74. The first-order valence-corrected chi connectivity index (χ1v) is 8.38. The highest BCUT2D eigenvalue weighted by molar-refractivity contribution is 5.97. The van der Waals surface area contributed by atoms with E-state index in [9.17, 15) is 24.9 Å². The Balaban J connectivity index is 1.66. The second-order valence-corrected chi connectivity index (χ2v) is 6.18. The van der Waals surface area contributed by atoms with E-state index in [0.717, 1.165) is 12.1 Å². The van der Waals surface area contributed by atoms with Gasteiger partial charge in [-0.1, -0.05) is 6.07 Å². The molecular formula is C19H20N2O6. The van der Waals surface area contributed by atoms with E-state index < -0.39 is 23.2 Å². The van der Waals surface area contributed by atoms with Crippen LogP contribution < -0.4 is 4.74 Å². The number of hydrogen-bond acceptors (Lipinski definition) is 6. The fourth-order valence-electron chi connectivity index (χ4n) is 2.96. The zero-order valence-electron chi connectivity index (χ0n) is 14.8. The van der Waals surface area contributed by atoms with Crippen LogP contribution in [0, 0.1) is 0 Å². The molecule has 8 heteroatoms. The molecule has 0 spiro atoms. The summed E-state index contributed by atoms with van der Waals surface area (Å²) in [6.07, 6.45) is 0. The Kier molecular flexibility index (Phi) is 5.07. The molecule has 1 heterocycles. The lowest BCUT2D eigenvalue weighted by atomic mass is 10.1. The van der Waals surface area contributed by atoms with Gasteiger partial charge < -0.3 is 29.9 Å². The molecule has 0 atom stereocenters. The summed E-state index contributed by atoms with van der Waals surface area (Å²) in [6.45, 7) is 1.35. The minimum Gasteiger partial charge on any atom is -0.504 e. The first-order chi connectivity index (χ1) is 12.9. The van der Waals surface area contributed by atoms with Crippen LogP contribution in [0.4, 0.5) is 0 Å². The van der Waals surface area contributed by atoms with Gasteiger partial charge in [0.2, 0.25) is 0 Å². The van der Waals surface area contributed by atoms with E-state index in [1.54, 1.807) is 29.2 Å². The third-order valence-electron chi connectivity index (χ3n) is 4.49. The van der Waals surface area contributed by atoms with Crippen LogP contribution in [0.25, 0.3) is 0 Å². The quantitative estimate of drug-likeness (QED) is 0.703. The number of amides is 2. The lowest BCUT2D eigenvalue weighted by molar-refractivity contribution is 0.0535. The van der Waals surface area contributed by atoms with E-state index in [-0.39, 0.29) is 11.5 Å². The standard InChI is InChI=1S/C19H20N2O6/c1-27-14-4-2-3-12(9-14)18(25)20-5-7-21(8-6-20)19(26)13-10-15(22)17(24)16(23)11-13/h2-4,9-11,22-24H,5-8H2,1H3. The van der Waals surface area contributed by atoms with Gasteiger partial charge in [0, 0.05) is 37.3 Å². The Labute approximate surface area is 155 Å². The number of carbonyl (C=O) groups is 2. The summed E-state index contributed by atoms with van der Waals surface area (Å²) in [6, 6.07) is 9.09. The lowest BCUT2D eigenvalue weighted by Gasteiger charge is -2.35. The van der Waals surface area contributed by atoms with Crippen LogP contribution >= 0.6 is 0 Å². The van der Waals surface area contributed by atoms with Gasteiger partial charge in [0.25, 0.3) is 11.8 Å². The second-order valence-electron chi connectivity index (χ2n) is 6.18. The molecule has 0 aromatic heterocycles. The number of ether oxygens (including phenoxy) is 1. The van der Waals surface area contributed by atoms with Crippen LogP contribution in [-0.4, -0.2) is 70.2 Å². The maximum atomic E-state index is 12.6. The molecule has 1 fully saturated rings. The summed E-state index contributed by atoms with van der Waals surface area (Å²) in [4.78, 5) is 28.3. The molecule has 27 heavy (non-hydrogen) atoms. The number of methoxy groups -OCH3 is 1. The zero-order chi connectivity index (χ0) is 19.6. The van der Waals surface area contributed by atoms with Gasteiger partial charge in [0.05, 0.1) is 7.11 Å². The van der Waals surface area contributed by atoms with Crippen molar-refractivity contribution in [2.45, 2.75) is 0 Å². The lowest BCUT2D eigenvalue weighted by Crippen LogP contribution is -2.50. The molecule has 0 radical (unpaired) electrons. The highest BCUT2D eigenvalue weighted by Gasteiger charge is 2.26. The van der Waals surface area contributed by atoms with Crippen LogP contribution in [0.1, 0.15) is 20.7 Å². The van der Waals surface area contributed by atoms with Crippen LogP contribution in [0.5, 0.6) is 23.0 Å². The van der Waals surface area contributed by atoms with Crippen molar-refractivity contribution in [3.8, 4) is 23.0 Å². The molecule has 1 saturated heterocycles. The van der Waals surface area contributed by atoms with Crippen LogP contribution in [0.3, 0.4) is 0 Å². The molecule has 2 aromatic rings. The monoisotopic (exact) mass is 372 g/mol. The molecule has 1 aliphatic heterocycles. The number of carbonyl (C=O) groups excluding carboxylic acids is 2. The number of benzene rings is 2. The number of phenolic OH excluding ortho intramolecular Hbond substituents is 3. The second kappa shape index (κ2) is 7.45. The van der Waals surface area contributed by atoms with Gasteiger partial charge in [0.15, 0.2) is 17.2 Å². The predicted molar refractivity (Wildman–Crippen MR) is 96.2 cm³/mol. The van der Waals surface area contributed by atoms with Crippen molar-refractivity contribution < 1.29 is 29.6 Å². The highest BCUT2D eigenvalue weighted by Crippen LogP contribution is 2.35. The molecule has 0 bridgehead atoms. The summed E-state index contributed by atoms with van der Waals surface area (Å²) < 4.78 is 5.14. The fourth-order valence-corrected chi connectivity index (χ4v) is 2.96. The number of phenols is 3. The fraction of sp³-hybridized carbons (Fsp3) is 0.263. The van der Waals surface area contributed by atoms with Gasteiger partial charge in [0.1, 0.15) is 5.75 Å². The summed E-state index contributed by atoms with van der Waals surface area (Å²) in [5.74, 6) is -1.73. The first-order valence-electron chi connectivity index (χ1n) is 8.38. The number of nitrogens with zero attached hydrogens (tertiary/aromatic N) is 2. The predicted octanol–water partition coefficient (Wildman–Crippen LogP) is 1.41. The summed E-state index contributed by atoms with van der Waals surface area (Å²) in [5, 5.41) is 28.5. The largest absolute Gasteiger partial charge is 0.504 e. The highest BCUT2D eigenvalue weighted by atomic mass is 16.5. The third-order valence-corrected chi connectivity index (χ3v) is 4.49. The molecule has 0 unspecified atom stereocenters. The molecule has 1 aliphatic rings. The minimum atomic E-state index is -0.666. The van der Waals surface area contributed by atoms with Gasteiger partial charge in [-0.15, -0.1) is 0 Å². The average Bonchev–Trinajstić information content (AvgIpc) is 2.70. The number of rotatable bonds is 3. The van der Waals surface area contributed by atoms with Crippen molar-refractivity contribution in [3.63, 3.8) is 0 Å². The van der Waals surface area contributed by atoms with Gasteiger partial charge in [-0.3, -0.25) is 9.59 Å². The number of hydrogen-bond donors (Lipinski definition) is 3. The van der Waals surface area contributed by atoms with Crippen LogP contribution in [-0.2, 0) is 0 Å². The SMILES string of the molecule is COc1cccc(C(=O)N2CCN(C(=O)c3cc(O)c(O)c(O)c3)CC2)c1. The molecular weight excluding hydrogens is 352 g/mol. The van der Waals surface area contributed by atoms with Crippen molar-refractivity contribution in [1.82, 2.24) is 9.80 Å². The van der Waals surface area contributed by atoms with Crippen molar-refractivity contribution in [3.05, 3.63) is 47.5 Å². The van der Waals surface area contributed by atoms with Crippen molar-refractivity contribution >= 4 is 11.8 Å². The number of piperazine rings is 1. The van der Waals surface area contributed by atoms with Gasteiger partial charge >= 0.3 is 0 Å². The molecule has 142 valence electrons. The Hall–Kier alpha value is -3.42. The topological polar surface area (TPSA) is 111 Å². The van der Waals surface area contributed by atoms with Crippen LogP contribution in [0.15, 0.2) is 36.4 Å². The van der Waals surface area contributed by atoms with Gasteiger partial charge in [-0.25, -0.2) is 0 Å². The van der Waals surface area contributed by atoms with Crippen molar-refractivity contribution in [2.75, 3.05) is 33.3 Å². The van der Waals surface area contributed by atoms with E-state index in [1.165, 1.54) is 12.0 Å². The summed E-state index contributed by atoms with van der Waals surface area (Å²) in [7, 11) is 1.53. The maximum absolute atomic E-state index is 12.6. The molecule has 0 aliphatic carbocycles.